The van der Waals surface area contributed by atoms with Gasteiger partial charge in [-0.2, -0.15) is 0 Å². The van der Waals surface area contributed by atoms with Crippen LogP contribution in [0.5, 0.6) is 0 Å². The average molecular weight is 416 g/mol. The van der Waals surface area contributed by atoms with Gasteiger partial charge in [0.2, 0.25) is 0 Å². The fraction of sp³-hybridized carbons (Fsp3) is 0.889. The molecule has 3 heteroatoms. The molecular weight excluding hydrogens is 370 g/mol. The maximum Gasteiger partial charge on any atom is 0.0832 e. The van der Waals surface area contributed by atoms with Crippen LogP contribution in [0.4, 0.5) is 0 Å². The number of allylic oxidation sites excluding steroid dienone is 1. The van der Waals surface area contributed by atoms with Gasteiger partial charge in [-0.15, -0.1) is 0 Å². The van der Waals surface area contributed by atoms with Gasteiger partial charge in [0, 0.05) is 5.92 Å². The van der Waals surface area contributed by atoms with Gasteiger partial charge in [-0.25, -0.2) is 0 Å². The Hall–Kier alpha value is -0.830. The van der Waals surface area contributed by atoms with Gasteiger partial charge in [-0.05, 0) is 91.4 Å². The van der Waals surface area contributed by atoms with Gasteiger partial charge < -0.3 is 10.3 Å². The quantitative estimate of drug-likeness (QED) is 0.382. The Morgan fingerprint density at radius 3 is 2.50 bits per heavy atom. The summed E-state index contributed by atoms with van der Waals surface area (Å²) in [5.74, 6) is 4.01. The Kier molecular flexibility index (Phi) is 6.16. The van der Waals surface area contributed by atoms with E-state index in [4.69, 9.17) is 0 Å². The second-order valence-electron chi connectivity index (χ2n) is 12.3. The van der Waals surface area contributed by atoms with Crippen molar-refractivity contribution in [3.8, 4) is 0 Å². The molecule has 0 aliphatic heterocycles. The van der Waals surface area contributed by atoms with Gasteiger partial charge in [-0.1, -0.05) is 64.6 Å². The average Bonchev–Trinajstić information content (AvgIpc) is 3.05. The SMILES string of the molecule is CC(C)CCC[C@@H](C)[C@H]1CC[C@H]2[C@@H]3/C(=N/O)C=C4C[C@@H](O)CC[C@]4(C)[C@H]3CC[C@]12C. The molecule has 0 aromatic rings. The third kappa shape index (κ3) is 3.57. The molecule has 0 spiro atoms. The molecule has 0 radical (unpaired) electrons. The monoisotopic (exact) mass is 415 g/mol. The minimum atomic E-state index is -0.225. The highest BCUT2D eigenvalue weighted by molar-refractivity contribution is 5.99. The molecule has 4 aliphatic carbocycles. The van der Waals surface area contributed by atoms with Crippen molar-refractivity contribution >= 4 is 5.71 Å². The van der Waals surface area contributed by atoms with Crippen molar-refractivity contribution in [2.75, 3.05) is 0 Å². The predicted octanol–water partition coefficient (Wildman–Crippen LogP) is 6.83. The Morgan fingerprint density at radius 1 is 1.03 bits per heavy atom. The molecular formula is C27H45NO2. The van der Waals surface area contributed by atoms with E-state index in [9.17, 15) is 10.3 Å². The second kappa shape index (κ2) is 8.26. The highest BCUT2D eigenvalue weighted by Crippen LogP contribution is 2.66. The minimum Gasteiger partial charge on any atom is -0.411 e. The summed E-state index contributed by atoms with van der Waals surface area (Å²) in [6.07, 6.45) is 14.0. The van der Waals surface area contributed by atoms with E-state index in [0.717, 1.165) is 42.7 Å². The number of oxime groups is 1. The van der Waals surface area contributed by atoms with E-state index in [1.807, 2.05) is 0 Å². The van der Waals surface area contributed by atoms with Gasteiger partial charge in [0.25, 0.3) is 0 Å². The Bertz CT molecular complexity index is 697. The lowest BCUT2D eigenvalue weighted by atomic mass is 9.46. The molecule has 3 fully saturated rings. The molecule has 0 aromatic carbocycles. The van der Waals surface area contributed by atoms with Crippen molar-refractivity contribution < 1.29 is 10.3 Å². The minimum absolute atomic E-state index is 0.181. The van der Waals surface area contributed by atoms with Crippen molar-refractivity contribution in [3.05, 3.63) is 11.6 Å². The van der Waals surface area contributed by atoms with Crippen LogP contribution in [0.2, 0.25) is 0 Å². The van der Waals surface area contributed by atoms with Crippen LogP contribution in [0.3, 0.4) is 0 Å². The summed E-state index contributed by atoms with van der Waals surface area (Å²) in [6, 6.07) is 0. The van der Waals surface area contributed by atoms with Crippen molar-refractivity contribution in [1.82, 2.24) is 0 Å². The van der Waals surface area contributed by atoms with Gasteiger partial charge in [-0.3, -0.25) is 0 Å². The van der Waals surface area contributed by atoms with Crippen LogP contribution in [-0.4, -0.2) is 22.1 Å². The molecule has 0 saturated heterocycles. The standard InChI is InChI=1S/C27H45NO2/c1-17(2)7-6-8-18(3)21-9-10-22-25-23(12-14-27(21,22)5)26(4)13-11-20(29)15-19(26)16-24(25)28-30/h16-18,20-23,25,29-30H,6-15H2,1-5H3/b28-24+/t18-,20+,21-,22+,23+,25+,26+,27-/m1/s1. The molecule has 4 rings (SSSR count). The molecule has 2 N–H and O–H groups in total. The van der Waals surface area contributed by atoms with Gasteiger partial charge in [0.1, 0.15) is 0 Å². The highest BCUT2D eigenvalue weighted by atomic mass is 16.4. The molecule has 0 bridgehead atoms. The maximum absolute atomic E-state index is 10.3. The Balaban J connectivity index is 1.58. The lowest BCUT2D eigenvalue weighted by Crippen LogP contribution is -2.53. The zero-order chi connectivity index (χ0) is 21.7. The van der Waals surface area contributed by atoms with Gasteiger partial charge >= 0.3 is 0 Å². The first-order valence-corrected chi connectivity index (χ1v) is 12.8. The number of rotatable bonds is 5. The van der Waals surface area contributed by atoms with E-state index < -0.39 is 0 Å². The van der Waals surface area contributed by atoms with E-state index in [-0.39, 0.29) is 11.5 Å². The summed E-state index contributed by atoms with van der Waals surface area (Å²) in [7, 11) is 0. The summed E-state index contributed by atoms with van der Waals surface area (Å²) >= 11 is 0. The Morgan fingerprint density at radius 2 is 1.80 bits per heavy atom. The predicted molar refractivity (Wildman–Crippen MR) is 124 cm³/mol. The lowest BCUT2D eigenvalue weighted by Gasteiger charge is -2.58. The van der Waals surface area contributed by atoms with E-state index in [0.29, 0.717) is 23.2 Å². The first-order valence-electron chi connectivity index (χ1n) is 12.8. The number of hydrogen-bond donors (Lipinski definition) is 2. The number of aliphatic hydroxyl groups excluding tert-OH is 1. The van der Waals surface area contributed by atoms with Crippen molar-refractivity contribution in [2.24, 2.45) is 51.5 Å². The molecule has 4 aliphatic rings. The molecule has 0 unspecified atom stereocenters. The van der Waals surface area contributed by atoms with E-state index >= 15 is 0 Å². The highest BCUT2D eigenvalue weighted by Gasteiger charge is 2.60. The fourth-order valence-electron chi connectivity index (χ4n) is 8.53. The summed E-state index contributed by atoms with van der Waals surface area (Å²) < 4.78 is 0. The zero-order valence-corrected chi connectivity index (χ0v) is 20.0. The third-order valence-corrected chi connectivity index (χ3v) is 10.3. The molecule has 8 atom stereocenters. The third-order valence-electron chi connectivity index (χ3n) is 10.3. The van der Waals surface area contributed by atoms with Crippen LogP contribution in [0, 0.1) is 46.3 Å². The number of hydrogen-bond acceptors (Lipinski definition) is 3. The normalized spacial score (nSPS) is 45.6. The topological polar surface area (TPSA) is 52.8 Å². The number of aliphatic hydroxyl groups is 1. The van der Waals surface area contributed by atoms with Crippen molar-refractivity contribution in [1.29, 1.82) is 0 Å². The van der Waals surface area contributed by atoms with Crippen molar-refractivity contribution in [2.45, 2.75) is 105 Å². The van der Waals surface area contributed by atoms with Crippen LogP contribution < -0.4 is 0 Å². The second-order valence-corrected chi connectivity index (χ2v) is 12.3. The van der Waals surface area contributed by atoms with Crippen molar-refractivity contribution in [3.63, 3.8) is 0 Å². The molecule has 0 aromatic heterocycles. The van der Waals surface area contributed by atoms with E-state index in [2.05, 4.69) is 45.9 Å². The summed E-state index contributed by atoms with van der Waals surface area (Å²) in [4.78, 5) is 0. The van der Waals surface area contributed by atoms with Crippen LogP contribution in [0.15, 0.2) is 16.8 Å². The van der Waals surface area contributed by atoms with Gasteiger partial charge in [0.15, 0.2) is 0 Å². The molecule has 30 heavy (non-hydrogen) atoms. The maximum atomic E-state index is 10.3. The lowest BCUT2D eigenvalue weighted by molar-refractivity contribution is -0.0309. The van der Waals surface area contributed by atoms with Crippen LogP contribution in [0.1, 0.15) is 98.8 Å². The summed E-state index contributed by atoms with van der Waals surface area (Å²) in [5.41, 5.74) is 2.83. The number of fused-ring (bicyclic) bond motifs is 5. The summed E-state index contributed by atoms with van der Waals surface area (Å²) in [5, 5.41) is 24.1. The van der Waals surface area contributed by atoms with Gasteiger partial charge in [0.05, 0.1) is 11.8 Å². The molecule has 0 amide bonds. The summed E-state index contributed by atoms with van der Waals surface area (Å²) in [6.45, 7) is 12.2. The van der Waals surface area contributed by atoms with Crippen LogP contribution >= 0.6 is 0 Å². The first kappa shape index (κ1) is 22.4. The first-order chi connectivity index (χ1) is 14.2. The van der Waals surface area contributed by atoms with Crippen LogP contribution in [-0.2, 0) is 0 Å². The molecule has 3 saturated carbocycles. The van der Waals surface area contributed by atoms with E-state index in [1.54, 1.807) is 0 Å². The molecule has 3 nitrogen and oxygen atoms in total. The zero-order valence-electron chi connectivity index (χ0n) is 20.0. The molecule has 0 heterocycles. The smallest absolute Gasteiger partial charge is 0.0832 e. The molecule has 170 valence electrons. The Labute approximate surface area is 184 Å². The fourth-order valence-corrected chi connectivity index (χ4v) is 8.53. The van der Waals surface area contributed by atoms with E-state index in [1.165, 1.54) is 50.5 Å². The largest absolute Gasteiger partial charge is 0.411 e. The van der Waals surface area contributed by atoms with Crippen LogP contribution in [0.25, 0.3) is 0 Å². The number of nitrogens with zero attached hydrogens (tertiary/aromatic N) is 1.